The number of aliphatic hydroxyl groups excluding tert-OH is 1. The number of hydrogen-bond donors (Lipinski definition) is 2. The van der Waals surface area contributed by atoms with Gasteiger partial charge in [0, 0.05) is 46.5 Å². The van der Waals surface area contributed by atoms with Crippen molar-refractivity contribution in [1.29, 1.82) is 5.41 Å². The number of carbonyl (C=O) groups excluding carboxylic acids is 1. The van der Waals surface area contributed by atoms with E-state index in [4.69, 9.17) is 9.47 Å². The van der Waals surface area contributed by atoms with Crippen LogP contribution in [0.5, 0.6) is 11.5 Å². The van der Waals surface area contributed by atoms with Gasteiger partial charge in [-0.15, -0.1) is 0 Å². The molecule has 9 heteroatoms. The maximum atomic E-state index is 13.7. The van der Waals surface area contributed by atoms with Crippen molar-refractivity contribution in [3.8, 4) is 11.5 Å². The molecule has 3 aromatic rings. The monoisotopic (exact) mass is 539 g/mol. The maximum absolute atomic E-state index is 13.7. The highest BCUT2D eigenvalue weighted by Crippen LogP contribution is 2.50. The molecule has 2 N–H and O–H groups in total. The smallest absolute Gasteiger partial charge is 0.271 e. The second-order valence-electron chi connectivity index (χ2n) is 9.71. The number of non-ortho nitro benzene ring substituents is 1. The number of ether oxygens (including phenoxy) is 2. The van der Waals surface area contributed by atoms with Gasteiger partial charge in [0.2, 0.25) is 0 Å². The van der Waals surface area contributed by atoms with Crippen LogP contribution in [0.4, 0.5) is 11.4 Å². The summed E-state index contributed by atoms with van der Waals surface area (Å²) < 4.78 is 10.9. The summed E-state index contributed by atoms with van der Waals surface area (Å²) in [4.78, 5) is 26.5. The van der Waals surface area contributed by atoms with Gasteiger partial charge in [0.05, 0.1) is 30.7 Å². The molecule has 0 aromatic heterocycles. The Balaban J connectivity index is 1.86. The SMILES string of the molecule is COc1ccc(/C(O)=C2\C(=N)N(c3cc([N+](=O)[O-])ccc3C)C3=C(C(=O)CCC3)C2c2ccccc2OC)cc1. The third-order valence-corrected chi connectivity index (χ3v) is 7.47. The largest absolute Gasteiger partial charge is 0.507 e. The predicted octanol–water partition coefficient (Wildman–Crippen LogP) is 6.48. The van der Waals surface area contributed by atoms with Crippen molar-refractivity contribution < 1.29 is 24.3 Å². The molecule has 1 heterocycles. The Labute approximate surface area is 231 Å². The van der Waals surface area contributed by atoms with Crippen LogP contribution in [0.25, 0.3) is 5.76 Å². The average Bonchev–Trinajstić information content (AvgIpc) is 2.97. The molecule has 5 rings (SSSR count). The van der Waals surface area contributed by atoms with Gasteiger partial charge in [-0.25, -0.2) is 0 Å². The Bertz CT molecular complexity index is 1590. The lowest BCUT2D eigenvalue weighted by Gasteiger charge is -2.42. The number of para-hydroxylation sites is 1. The second-order valence-corrected chi connectivity index (χ2v) is 9.71. The topological polar surface area (TPSA) is 126 Å². The van der Waals surface area contributed by atoms with E-state index in [0.29, 0.717) is 64.4 Å². The molecule has 1 unspecified atom stereocenters. The number of anilines is 1. The van der Waals surface area contributed by atoms with Crippen LogP contribution in [0, 0.1) is 22.4 Å². The average molecular weight is 540 g/mol. The molecule has 0 fully saturated rings. The normalized spacial score (nSPS) is 18.4. The molecule has 0 bridgehead atoms. The molecule has 3 aromatic carbocycles. The van der Waals surface area contributed by atoms with Gasteiger partial charge >= 0.3 is 0 Å². The lowest BCUT2D eigenvalue weighted by atomic mass is 9.73. The highest BCUT2D eigenvalue weighted by molar-refractivity contribution is 6.20. The first-order chi connectivity index (χ1) is 19.3. The zero-order valence-corrected chi connectivity index (χ0v) is 22.4. The number of hydrogen-bond acceptors (Lipinski definition) is 7. The van der Waals surface area contributed by atoms with Crippen molar-refractivity contribution in [2.45, 2.75) is 32.1 Å². The molecule has 1 aliphatic heterocycles. The van der Waals surface area contributed by atoms with Crippen molar-refractivity contribution >= 4 is 28.8 Å². The standard InChI is InChI=1S/C31H29N3O6/c1-18-11-14-20(34(37)38)17-24(18)33-23-8-6-9-25(35)28(23)27(22-7-4-5-10-26(22)40-3)29(31(33)32)30(36)19-12-15-21(39-2)16-13-19/h4-5,7,10-17,27,32,36H,6,8-9H2,1-3H3/b30-29+,32-31?. The first kappa shape index (κ1) is 26.7. The van der Waals surface area contributed by atoms with Gasteiger partial charge in [-0.05, 0) is 55.7 Å². The number of carbonyl (C=O) groups is 1. The van der Waals surface area contributed by atoms with Gasteiger partial charge in [0.1, 0.15) is 23.1 Å². The molecule has 1 aliphatic carbocycles. The number of amidine groups is 1. The maximum Gasteiger partial charge on any atom is 0.271 e. The van der Waals surface area contributed by atoms with Crippen LogP contribution in [0.2, 0.25) is 0 Å². The third kappa shape index (κ3) is 4.49. The Hall–Kier alpha value is -4.92. The van der Waals surface area contributed by atoms with Crippen molar-refractivity contribution in [1.82, 2.24) is 0 Å². The molecule has 0 amide bonds. The third-order valence-electron chi connectivity index (χ3n) is 7.47. The minimum Gasteiger partial charge on any atom is -0.507 e. The quantitative estimate of drug-likeness (QED) is 0.209. The fourth-order valence-corrected chi connectivity index (χ4v) is 5.53. The van der Waals surface area contributed by atoms with E-state index in [1.807, 2.05) is 18.2 Å². The number of nitro groups is 1. The molecule has 0 saturated heterocycles. The highest BCUT2D eigenvalue weighted by Gasteiger charge is 2.44. The van der Waals surface area contributed by atoms with Gasteiger partial charge in [0.15, 0.2) is 5.78 Å². The van der Waals surface area contributed by atoms with Gasteiger partial charge in [-0.1, -0.05) is 24.3 Å². The summed E-state index contributed by atoms with van der Waals surface area (Å²) in [5.74, 6) is -0.0159. The minimum atomic E-state index is -0.788. The predicted molar refractivity (Wildman–Crippen MR) is 152 cm³/mol. The zero-order valence-electron chi connectivity index (χ0n) is 22.4. The number of Topliss-reactive ketones (excluding diaryl/α,β-unsaturated/α-hetero) is 1. The molecule has 9 nitrogen and oxygen atoms in total. The Morgan fingerprint density at radius 3 is 2.45 bits per heavy atom. The molecular weight excluding hydrogens is 510 g/mol. The number of rotatable bonds is 6. The van der Waals surface area contributed by atoms with E-state index >= 15 is 0 Å². The number of nitrogens with zero attached hydrogens (tertiary/aromatic N) is 2. The molecular formula is C31H29N3O6. The second kappa shape index (κ2) is 10.7. The molecule has 0 radical (unpaired) electrons. The fourth-order valence-electron chi connectivity index (χ4n) is 5.53. The van der Waals surface area contributed by atoms with Crippen molar-refractivity contribution in [3.05, 3.63) is 110 Å². The van der Waals surface area contributed by atoms with E-state index in [-0.39, 0.29) is 28.6 Å². The van der Waals surface area contributed by atoms with Gasteiger partial charge in [-0.3, -0.25) is 25.2 Å². The molecule has 0 spiro atoms. The molecule has 40 heavy (non-hydrogen) atoms. The van der Waals surface area contributed by atoms with Crippen LogP contribution in [0.15, 0.2) is 83.6 Å². The lowest BCUT2D eigenvalue weighted by molar-refractivity contribution is -0.384. The van der Waals surface area contributed by atoms with Crippen LogP contribution in [-0.2, 0) is 4.79 Å². The highest BCUT2D eigenvalue weighted by atomic mass is 16.6. The molecule has 2 aliphatic rings. The molecule has 1 atom stereocenters. The summed E-state index contributed by atoms with van der Waals surface area (Å²) in [6, 6.07) is 18.5. The zero-order chi connectivity index (χ0) is 28.6. The lowest BCUT2D eigenvalue weighted by Crippen LogP contribution is -2.42. The molecule has 204 valence electrons. The van der Waals surface area contributed by atoms with Crippen molar-refractivity contribution in [3.63, 3.8) is 0 Å². The van der Waals surface area contributed by atoms with E-state index < -0.39 is 10.8 Å². The van der Waals surface area contributed by atoms with E-state index in [9.17, 15) is 25.4 Å². The van der Waals surface area contributed by atoms with Crippen LogP contribution in [-0.4, -0.2) is 35.9 Å². The van der Waals surface area contributed by atoms with Crippen LogP contribution in [0.1, 0.15) is 41.9 Å². The summed E-state index contributed by atoms with van der Waals surface area (Å²) in [7, 11) is 3.08. The van der Waals surface area contributed by atoms with E-state index in [2.05, 4.69) is 0 Å². The Kier molecular flexibility index (Phi) is 7.13. The number of ketones is 1. The summed E-state index contributed by atoms with van der Waals surface area (Å²) >= 11 is 0. The van der Waals surface area contributed by atoms with E-state index in [1.165, 1.54) is 19.2 Å². The summed E-state index contributed by atoms with van der Waals surface area (Å²) in [6.07, 6.45) is 1.39. The first-order valence-electron chi connectivity index (χ1n) is 12.9. The summed E-state index contributed by atoms with van der Waals surface area (Å²) in [5.41, 5.74) is 3.31. The van der Waals surface area contributed by atoms with Crippen molar-refractivity contribution in [2.24, 2.45) is 0 Å². The van der Waals surface area contributed by atoms with E-state index in [1.54, 1.807) is 55.3 Å². The van der Waals surface area contributed by atoms with Gasteiger partial charge < -0.3 is 14.6 Å². The number of nitrogens with one attached hydrogen (secondary N) is 1. The van der Waals surface area contributed by atoms with Crippen LogP contribution in [0.3, 0.4) is 0 Å². The number of aliphatic hydroxyl groups is 1. The number of benzene rings is 3. The first-order valence-corrected chi connectivity index (χ1v) is 12.9. The van der Waals surface area contributed by atoms with E-state index in [0.717, 1.165) is 0 Å². The van der Waals surface area contributed by atoms with Crippen molar-refractivity contribution in [2.75, 3.05) is 19.1 Å². The summed E-state index contributed by atoms with van der Waals surface area (Å²) in [6.45, 7) is 1.80. The Morgan fingerprint density at radius 2 is 1.77 bits per heavy atom. The Morgan fingerprint density at radius 1 is 1.05 bits per heavy atom. The number of allylic oxidation sites excluding steroid dienone is 2. The molecule has 0 saturated carbocycles. The van der Waals surface area contributed by atoms with Crippen LogP contribution >= 0.6 is 0 Å². The fraction of sp³-hybridized carbons (Fsp3) is 0.226. The van der Waals surface area contributed by atoms with Gasteiger partial charge in [-0.2, -0.15) is 0 Å². The summed E-state index contributed by atoms with van der Waals surface area (Å²) in [5, 5.41) is 33.0. The number of aryl methyl sites for hydroxylation is 1. The van der Waals surface area contributed by atoms with Crippen LogP contribution < -0.4 is 14.4 Å². The number of methoxy groups -OCH3 is 2. The number of nitro benzene ring substituents is 1. The minimum absolute atomic E-state index is 0.0683. The van der Waals surface area contributed by atoms with Gasteiger partial charge in [0.25, 0.3) is 5.69 Å².